The molecule has 3 aliphatic rings. The van der Waals surface area contributed by atoms with Crippen molar-refractivity contribution in [2.24, 2.45) is 5.41 Å². The molecule has 11 nitrogen and oxygen atoms in total. The van der Waals surface area contributed by atoms with Gasteiger partial charge in [0.2, 0.25) is 0 Å². The van der Waals surface area contributed by atoms with Crippen LogP contribution in [0.3, 0.4) is 0 Å². The summed E-state index contributed by atoms with van der Waals surface area (Å²) in [4.78, 5) is 23.4. The van der Waals surface area contributed by atoms with Gasteiger partial charge in [-0.3, -0.25) is 28.8 Å². The number of thioether (sulfide) groups is 1. The highest BCUT2D eigenvalue weighted by Gasteiger charge is 2.40. The summed E-state index contributed by atoms with van der Waals surface area (Å²) < 4.78 is 82.8. The molecule has 2 atom stereocenters. The Morgan fingerprint density at radius 2 is 1.49 bits per heavy atom. The van der Waals surface area contributed by atoms with Crippen LogP contribution >= 0.6 is 42.9 Å². The van der Waals surface area contributed by atoms with Crippen LogP contribution in [0, 0.1) is 5.41 Å². The number of halogens is 4. The molecule has 4 aromatic rings. The van der Waals surface area contributed by atoms with E-state index in [1.54, 1.807) is 43.8 Å². The fourth-order valence-corrected chi connectivity index (χ4v) is 13.6. The van der Waals surface area contributed by atoms with Crippen molar-refractivity contribution in [2.75, 3.05) is 101 Å². The maximum absolute atomic E-state index is 14.2. The second kappa shape index (κ2) is 25.1. The summed E-state index contributed by atoms with van der Waals surface area (Å²) in [5, 5.41) is 4.07. The van der Waals surface area contributed by atoms with Gasteiger partial charge in [0.1, 0.15) is 6.29 Å². The van der Waals surface area contributed by atoms with Gasteiger partial charge in [0.15, 0.2) is 10.8 Å². The zero-order valence-electron chi connectivity index (χ0n) is 40.3. The number of allylic oxidation sites excluding steroid dienone is 1. The van der Waals surface area contributed by atoms with Crippen molar-refractivity contribution in [3.63, 3.8) is 0 Å². The Hall–Kier alpha value is -3.35. The summed E-state index contributed by atoms with van der Waals surface area (Å²) in [5.41, 5.74) is 0.976. The lowest BCUT2D eigenvalue weighted by molar-refractivity contribution is -0.0384. The highest BCUT2D eigenvalue weighted by atomic mass is 35.5. The standard InChI is InChI=1S/C51H65ClF3N6O5PS3/c1-5-65-67(63,66-6-2)37-60-26-24-59(25-27-60)35-42(36-68-44-10-8-7-9-11-44)56-47-21-20-45(32-48(47)70(64)51(53,54)55)69-57-49(62)39-14-18-43(19-15-39)61-30-28-58(29-31-61)34-40-33-50(3,4)23-22-46(40)38-12-16-41(52)17-13-38/h7-21,32,42,56H,5-6,22-31,33-37H2,1-4H3,(H,57,62). The summed E-state index contributed by atoms with van der Waals surface area (Å²) in [6.07, 6.45) is 3.46. The van der Waals surface area contributed by atoms with Crippen LogP contribution in [0.1, 0.15) is 62.9 Å². The second-order valence-corrected chi connectivity index (χ2v) is 24.5. The fraction of sp³-hybridized carbons (Fsp3) is 0.471. The van der Waals surface area contributed by atoms with Gasteiger partial charge in [0, 0.05) is 103 Å². The van der Waals surface area contributed by atoms with E-state index >= 15 is 0 Å². The molecule has 2 fully saturated rings. The van der Waals surface area contributed by atoms with E-state index in [0.29, 0.717) is 48.9 Å². The Balaban J connectivity index is 0.963. The van der Waals surface area contributed by atoms with Crippen molar-refractivity contribution in [3.8, 4) is 0 Å². The van der Waals surface area contributed by atoms with E-state index in [4.69, 9.17) is 20.6 Å². The van der Waals surface area contributed by atoms with Crippen molar-refractivity contribution in [2.45, 2.75) is 73.2 Å². The first-order chi connectivity index (χ1) is 33.5. The SMILES string of the molecule is CCOP(=O)(CN1CCN(CC(CSc2ccccc2)Nc2ccc(SNC(=O)c3ccc(N4CCN(CC5=C(c6ccc(Cl)cc6)CCC(C)(C)C5)CC4)cc3)cc2S(=O)C(F)(F)F)CC1)OCC. The highest BCUT2D eigenvalue weighted by molar-refractivity contribution is 7.99. The molecule has 380 valence electrons. The third-order valence-electron chi connectivity index (χ3n) is 12.8. The molecular weight excluding hydrogens is 996 g/mol. The number of piperazine rings is 2. The minimum Gasteiger partial charge on any atom is -0.379 e. The molecule has 1 aliphatic carbocycles. The van der Waals surface area contributed by atoms with Crippen molar-refractivity contribution >= 4 is 76.6 Å². The van der Waals surface area contributed by atoms with Crippen LogP contribution < -0.4 is 14.9 Å². The van der Waals surface area contributed by atoms with E-state index in [0.717, 1.165) is 79.5 Å². The smallest absolute Gasteiger partial charge is 0.379 e. The minimum absolute atomic E-state index is 0.104. The van der Waals surface area contributed by atoms with E-state index in [1.165, 1.54) is 28.8 Å². The Morgan fingerprint density at radius 1 is 0.843 bits per heavy atom. The average molecular weight is 1060 g/mol. The maximum atomic E-state index is 14.2. The maximum Gasteiger partial charge on any atom is 0.475 e. The Bertz CT molecular complexity index is 2450. The monoisotopic (exact) mass is 1060 g/mol. The number of hydrogen-bond donors (Lipinski definition) is 2. The summed E-state index contributed by atoms with van der Waals surface area (Å²) in [5.74, 6) is 0.108. The molecule has 0 radical (unpaired) electrons. The predicted octanol–water partition coefficient (Wildman–Crippen LogP) is 11.6. The number of carbonyl (C=O) groups excluding carboxylic acids is 1. The molecule has 19 heteroatoms. The average Bonchev–Trinajstić information content (AvgIpc) is 3.34. The fourth-order valence-electron chi connectivity index (χ4n) is 9.20. The summed E-state index contributed by atoms with van der Waals surface area (Å²) in [7, 11) is -6.63. The van der Waals surface area contributed by atoms with Crippen molar-refractivity contribution in [1.29, 1.82) is 0 Å². The predicted molar refractivity (Wildman–Crippen MR) is 282 cm³/mol. The number of anilines is 2. The zero-order valence-corrected chi connectivity index (χ0v) is 44.4. The molecule has 0 saturated carbocycles. The molecule has 0 spiro atoms. The Labute approximate surface area is 427 Å². The first-order valence-electron chi connectivity index (χ1n) is 23.9. The van der Waals surface area contributed by atoms with Crippen LogP contribution in [-0.2, 0) is 24.4 Å². The van der Waals surface area contributed by atoms with Gasteiger partial charge in [0.25, 0.3) is 5.91 Å². The highest BCUT2D eigenvalue weighted by Crippen LogP contribution is 2.48. The molecule has 2 heterocycles. The van der Waals surface area contributed by atoms with Gasteiger partial charge in [0.05, 0.1) is 23.8 Å². The van der Waals surface area contributed by atoms with Gasteiger partial charge in [-0.25, -0.2) is 4.21 Å². The molecule has 2 unspecified atom stereocenters. The summed E-state index contributed by atoms with van der Waals surface area (Å²) >= 11 is 8.66. The van der Waals surface area contributed by atoms with Gasteiger partial charge < -0.3 is 19.3 Å². The Kier molecular flexibility index (Phi) is 19.5. The minimum atomic E-state index is -5.02. The lowest BCUT2D eigenvalue weighted by atomic mass is 9.73. The van der Waals surface area contributed by atoms with Crippen molar-refractivity contribution in [1.82, 2.24) is 19.4 Å². The topological polar surface area (TPSA) is 107 Å². The molecule has 70 heavy (non-hydrogen) atoms. The molecule has 0 aromatic heterocycles. The van der Waals surface area contributed by atoms with Gasteiger partial charge in [-0.1, -0.05) is 61.4 Å². The van der Waals surface area contributed by atoms with Crippen LogP contribution in [0.25, 0.3) is 5.57 Å². The second-order valence-electron chi connectivity index (χ2n) is 18.6. The van der Waals surface area contributed by atoms with Gasteiger partial charge in [-0.2, -0.15) is 13.2 Å². The van der Waals surface area contributed by atoms with Crippen molar-refractivity contribution < 1.29 is 35.8 Å². The van der Waals surface area contributed by atoms with Gasteiger partial charge in [-0.15, -0.1) is 11.8 Å². The van der Waals surface area contributed by atoms with Gasteiger partial charge in [-0.05, 0) is 128 Å². The number of carbonyl (C=O) groups is 1. The largest absolute Gasteiger partial charge is 0.475 e. The summed E-state index contributed by atoms with van der Waals surface area (Å²) in [6.45, 7) is 16.2. The Morgan fingerprint density at radius 3 is 2.13 bits per heavy atom. The third kappa shape index (κ3) is 15.6. The van der Waals surface area contributed by atoms with Crippen LogP contribution in [0.2, 0.25) is 5.02 Å². The molecule has 4 aromatic carbocycles. The van der Waals surface area contributed by atoms with Crippen LogP contribution in [-0.4, -0.2) is 127 Å². The van der Waals surface area contributed by atoms with E-state index < -0.39 is 34.7 Å². The van der Waals surface area contributed by atoms with Crippen molar-refractivity contribution in [3.05, 3.63) is 119 Å². The molecular formula is C51H65ClF3N6O5PS3. The molecule has 7 rings (SSSR count). The number of benzene rings is 4. The molecule has 0 bridgehead atoms. The number of nitrogens with zero attached hydrogens (tertiary/aromatic N) is 4. The zero-order chi connectivity index (χ0) is 49.9. The third-order valence-corrected chi connectivity index (χ3v) is 18.2. The van der Waals surface area contributed by atoms with Gasteiger partial charge >= 0.3 is 13.1 Å². The molecule has 2 saturated heterocycles. The number of alkyl halides is 3. The molecule has 1 amide bonds. The van der Waals surface area contributed by atoms with E-state index in [2.05, 4.69) is 55.6 Å². The van der Waals surface area contributed by atoms with Crippen LogP contribution in [0.4, 0.5) is 24.5 Å². The lowest BCUT2D eigenvalue weighted by Gasteiger charge is -2.39. The summed E-state index contributed by atoms with van der Waals surface area (Å²) in [6, 6.07) is 29.4. The quantitative estimate of drug-likeness (QED) is 0.0471. The molecule has 2 N–H and O–H groups in total. The van der Waals surface area contributed by atoms with Crippen LogP contribution in [0.15, 0.2) is 117 Å². The number of amides is 1. The normalized spacial score (nSPS) is 18.4. The number of rotatable bonds is 21. The van der Waals surface area contributed by atoms with E-state index in [9.17, 15) is 26.7 Å². The van der Waals surface area contributed by atoms with E-state index in [-0.39, 0.29) is 36.6 Å². The number of hydrogen-bond acceptors (Lipinski definition) is 12. The van der Waals surface area contributed by atoms with E-state index in [1.807, 2.05) is 54.6 Å². The lowest BCUT2D eigenvalue weighted by Crippen LogP contribution is -2.50. The number of nitrogens with one attached hydrogen (secondary N) is 2. The first kappa shape index (κ1) is 54.4. The van der Waals surface area contributed by atoms with Crippen LogP contribution in [0.5, 0.6) is 0 Å². The first-order valence-corrected chi connectivity index (χ1v) is 29.0. The molecule has 2 aliphatic heterocycles.